The van der Waals surface area contributed by atoms with E-state index in [1.54, 1.807) is 15.9 Å². The van der Waals surface area contributed by atoms with Gasteiger partial charge in [-0.05, 0) is 18.6 Å². The van der Waals surface area contributed by atoms with Crippen molar-refractivity contribution in [1.82, 2.24) is 9.80 Å². The summed E-state index contributed by atoms with van der Waals surface area (Å²) < 4.78 is 18.3. The topological polar surface area (TPSA) is 66.9 Å². The van der Waals surface area contributed by atoms with Crippen molar-refractivity contribution in [2.24, 2.45) is 0 Å². The summed E-state index contributed by atoms with van der Waals surface area (Å²) in [6.45, 7) is 1.70. The number of rotatable bonds is 4. The number of carbonyl (C=O) groups is 3. The zero-order valence-corrected chi connectivity index (χ0v) is 13.7. The van der Waals surface area contributed by atoms with Gasteiger partial charge in [-0.2, -0.15) is 0 Å². The van der Waals surface area contributed by atoms with E-state index >= 15 is 0 Å². The van der Waals surface area contributed by atoms with Crippen LogP contribution in [0.4, 0.5) is 4.39 Å². The third kappa shape index (κ3) is 4.53. The summed E-state index contributed by atoms with van der Waals surface area (Å²) in [5.41, 5.74) is 0.0444. The number of esters is 1. The van der Waals surface area contributed by atoms with Gasteiger partial charge in [0.2, 0.25) is 5.91 Å². The average molecular weight is 336 g/mol. The number of amides is 2. The van der Waals surface area contributed by atoms with Crippen molar-refractivity contribution in [1.29, 1.82) is 0 Å². The van der Waals surface area contributed by atoms with Crippen LogP contribution < -0.4 is 0 Å². The molecule has 130 valence electrons. The summed E-state index contributed by atoms with van der Waals surface area (Å²) in [5.74, 6) is -1.47. The van der Waals surface area contributed by atoms with Gasteiger partial charge in [0.1, 0.15) is 5.82 Å². The van der Waals surface area contributed by atoms with E-state index in [9.17, 15) is 18.8 Å². The van der Waals surface area contributed by atoms with Crippen molar-refractivity contribution in [3.63, 3.8) is 0 Å². The lowest BCUT2D eigenvalue weighted by atomic mass is 10.2. The van der Waals surface area contributed by atoms with E-state index in [4.69, 9.17) is 0 Å². The number of methoxy groups -OCH3 is 1. The van der Waals surface area contributed by atoms with Crippen LogP contribution in [-0.2, 0) is 14.3 Å². The highest BCUT2D eigenvalue weighted by Gasteiger charge is 2.24. The van der Waals surface area contributed by atoms with E-state index in [1.807, 2.05) is 0 Å². The Bertz CT molecular complexity index is 620. The van der Waals surface area contributed by atoms with Gasteiger partial charge < -0.3 is 14.5 Å². The maximum Gasteiger partial charge on any atom is 0.306 e. The highest BCUT2D eigenvalue weighted by atomic mass is 19.1. The van der Waals surface area contributed by atoms with Gasteiger partial charge in [-0.25, -0.2) is 4.39 Å². The third-order valence-corrected chi connectivity index (χ3v) is 4.01. The van der Waals surface area contributed by atoms with E-state index in [-0.39, 0.29) is 30.2 Å². The van der Waals surface area contributed by atoms with Gasteiger partial charge in [-0.3, -0.25) is 14.4 Å². The Balaban J connectivity index is 1.93. The molecule has 0 saturated carbocycles. The minimum Gasteiger partial charge on any atom is -0.469 e. The lowest BCUT2D eigenvalue weighted by Crippen LogP contribution is -2.37. The molecule has 1 aliphatic heterocycles. The molecule has 0 radical (unpaired) electrons. The fourth-order valence-corrected chi connectivity index (χ4v) is 2.64. The first-order valence-electron chi connectivity index (χ1n) is 7.91. The Kier molecular flexibility index (Phi) is 6.28. The second-order valence-corrected chi connectivity index (χ2v) is 5.58. The number of hydrogen-bond donors (Lipinski definition) is 0. The van der Waals surface area contributed by atoms with Gasteiger partial charge >= 0.3 is 5.97 Å². The molecule has 24 heavy (non-hydrogen) atoms. The number of halogens is 1. The van der Waals surface area contributed by atoms with Crippen molar-refractivity contribution in [2.45, 2.75) is 19.3 Å². The van der Waals surface area contributed by atoms with Crippen LogP contribution in [0.2, 0.25) is 0 Å². The van der Waals surface area contributed by atoms with Crippen LogP contribution in [0.5, 0.6) is 0 Å². The maximum atomic E-state index is 13.8. The number of benzene rings is 1. The van der Waals surface area contributed by atoms with Gasteiger partial charge in [-0.15, -0.1) is 0 Å². The molecule has 1 heterocycles. The molecule has 0 bridgehead atoms. The normalized spacial score (nSPS) is 14.9. The number of nitrogens with zero attached hydrogens (tertiary/aromatic N) is 2. The van der Waals surface area contributed by atoms with Crippen molar-refractivity contribution >= 4 is 17.8 Å². The predicted molar refractivity (Wildman–Crippen MR) is 84.8 cm³/mol. The first-order valence-corrected chi connectivity index (χ1v) is 7.91. The van der Waals surface area contributed by atoms with Crippen molar-refractivity contribution in [2.75, 3.05) is 33.3 Å². The van der Waals surface area contributed by atoms with Gasteiger partial charge in [0, 0.05) is 32.6 Å². The third-order valence-electron chi connectivity index (χ3n) is 4.01. The molecule has 0 spiro atoms. The first kappa shape index (κ1) is 17.9. The highest BCUT2D eigenvalue weighted by Crippen LogP contribution is 2.13. The smallest absolute Gasteiger partial charge is 0.306 e. The quantitative estimate of drug-likeness (QED) is 0.781. The Morgan fingerprint density at radius 1 is 1.04 bits per heavy atom. The molecular formula is C17H21FN2O4. The minimum atomic E-state index is -0.544. The van der Waals surface area contributed by atoms with Crippen LogP contribution >= 0.6 is 0 Å². The lowest BCUT2D eigenvalue weighted by molar-refractivity contribution is -0.143. The molecule has 1 aromatic rings. The molecule has 0 atom stereocenters. The van der Waals surface area contributed by atoms with E-state index in [2.05, 4.69) is 4.74 Å². The fraction of sp³-hybridized carbons (Fsp3) is 0.471. The molecule has 0 aliphatic carbocycles. The molecule has 0 unspecified atom stereocenters. The predicted octanol–water partition coefficient (Wildman–Crippen LogP) is 1.45. The van der Waals surface area contributed by atoms with Gasteiger partial charge in [0.25, 0.3) is 5.91 Å². The van der Waals surface area contributed by atoms with Crippen molar-refractivity contribution in [3.05, 3.63) is 35.6 Å². The number of ether oxygens (including phenoxy) is 1. The summed E-state index contributed by atoms with van der Waals surface area (Å²) >= 11 is 0. The molecule has 1 fully saturated rings. The van der Waals surface area contributed by atoms with Crippen LogP contribution in [0.3, 0.4) is 0 Å². The van der Waals surface area contributed by atoms with E-state index in [0.29, 0.717) is 32.6 Å². The summed E-state index contributed by atoms with van der Waals surface area (Å²) in [5, 5.41) is 0. The van der Waals surface area contributed by atoms with Gasteiger partial charge in [0.15, 0.2) is 0 Å². The summed E-state index contributed by atoms with van der Waals surface area (Å²) in [4.78, 5) is 38.9. The number of carbonyl (C=O) groups excluding carboxylic acids is 3. The van der Waals surface area contributed by atoms with Crippen LogP contribution in [-0.4, -0.2) is 60.9 Å². The molecule has 7 heteroatoms. The highest BCUT2D eigenvalue weighted by molar-refractivity contribution is 5.94. The van der Waals surface area contributed by atoms with Crippen LogP contribution in [0.25, 0.3) is 0 Å². The van der Waals surface area contributed by atoms with E-state index in [0.717, 1.165) is 0 Å². The van der Waals surface area contributed by atoms with Crippen molar-refractivity contribution in [3.8, 4) is 0 Å². The van der Waals surface area contributed by atoms with Gasteiger partial charge in [-0.1, -0.05) is 12.1 Å². The largest absolute Gasteiger partial charge is 0.469 e. The molecule has 1 aliphatic rings. The molecule has 1 aromatic carbocycles. The van der Waals surface area contributed by atoms with Gasteiger partial charge in [0.05, 0.1) is 19.1 Å². The van der Waals surface area contributed by atoms with Crippen LogP contribution in [0.15, 0.2) is 24.3 Å². The second kappa shape index (κ2) is 8.42. The lowest BCUT2D eigenvalue weighted by Gasteiger charge is -2.22. The van der Waals surface area contributed by atoms with E-state index < -0.39 is 11.8 Å². The Hall–Kier alpha value is -2.44. The summed E-state index contributed by atoms with van der Waals surface area (Å²) in [7, 11) is 1.28. The monoisotopic (exact) mass is 336 g/mol. The molecule has 1 saturated heterocycles. The standard InChI is InChI=1S/C17H21FN2O4/c1-24-16(22)8-7-15(21)19-9-4-10-20(12-11-19)17(23)13-5-2-3-6-14(13)18/h2-3,5-6H,4,7-12H2,1H3. The van der Waals surface area contributed by atoms with Crippen molar-refractivity contribution < 1.29 is 23.5 Å². The SMILES string of the molecule is COC(=O)CCC(=O)N1CCCN(C(=O)c2ccccc2F)CC1. The minimum absolute atomic E-state index is 0.0444. The fourth-order valence-electron chi connectivity index (χ4n) is 2.64. The summed E-state index contributed by atoms with van der Waals surface area (Å²) in [6.07, 6.45) is 0.752. The molecular weight excluding hydrogens is 315 g/mol. The Morgan fingerprint density at radius 3 is 2.42 bits per heavy atom. The summed E-state index contributed by atoms with van der Waals surface area (Å²) in [6, 6.07) is 5.88. The zero-order chi connectivity index (χ0) is 17.5. The van der Waals surface area contributed by atoms with Crippen LogP contribution in [0.1, 0.15) is 29.6 Å². The molecule has 2 amide bonds. The Labute approximate surface area is 140 Å². The van der Waals surface area contributed by atoms with E-state index in [1.165, 1.54) is 25.3 Å². The maximum absolute atomic E-state index is 13.8. The molecule has 0 aromatic heterocycles. The average Bonchev–Trinajstić information content (AvgIpc) is 2.85. The first-order chi connectivity index (χ1) is 11.5. The zero-order valence-electron chi connectivity index (χ0n) is 13.7. The second-order valence-electron chi connectivity index (χ2n) is 5.58. The van der Waals surface area contributed by atoms with Crippen LogP contribution in [0, 0.1) is 5.82 Å². The molecule has 2 rings (SSSR count). The number of hydrogen-bond acceptors (Lipinski definition) is 4. The molecule has 0 N–H and O–H groups in total. The molecule has 6 nitrogen and oxygen atoms in total. The Morgan fingerprint density at radius 2 is 1.71 bits per heavy atom.